The molecule has 0 aliphatic carbocycles. The van der Waals surface area contributed by atoms with Gasteiger partial charge in [-0.3, -0.25) is 9.78 Å². The second-order valence-electron chi connectivity index (χ2n) is 9.25. The number of nitrogens with zero attached hydrogens (tertiary/aromatic N) is 1. The molecule has 146 valence electrons. The van der Waals surface area contributed by atoms with E-state index in [2.05, 4.69) is 10.3 Å². The van der Waals surface area contributed by atoms with Gasteiger partial charge in [0.05, 0.1) is 11.2 Å². The van der Waals surface area contributed by atoms with Crippen molar-refractivity contribution in [3.63, 3.8) is 0 Å². The minimum absolute atomic E-state index is 0.202. The van der Waals surface area contributed by atoms with Crippen molar-refractivity contribution in [2.45, 2.75) is 52.4 Å². The molecule has 0 aliphatic heterocycles. The molecule has 3 aromatic rings. The number of fused-ring (bicyclic) bond motifs is 1. The Bertz CT molecular complexity index is 1000. The number of rotatable bonds is 2. The van der Waals surface area contributed by atoms with Crippen molar-refractivity contribution in [3.8, 4) is 5.75 Å². The molecule has 0 unspecified atom stereocenters. The fourth-order valence-corrected chi connectivity index (χ4v) is 3.32. The Balaban J connectivity index is 2.08. The summed E-state index contributed by atoms with van der Waals surface area (Å²) in [7, 11) is 0. The third-order valence-electron chi connectivity index (χ3n) is 4.88. The summed E-state index contributed by atoms with van der Waals surface area (Å²) in [6.07, 6.45) is 1.74. The van der Waals surface area contributed by atoms with Gasteiger partial charge >= 0.3 is 0 Å². The van der Waals surface area contributed by atoms with Crippen LogP contribution in [0, 0.1) is 0 Å². The van der Waals surface area contributed by atoms with Gasteiger partial charge in [-0.25, -0.2) is 0 Å². The van der Waals surface area contributed by atoms with E-state index in [1.807, 2.05) is 71.9 Å². The first-order chi connectivity index (χ1) is 13.0. The molecule has 0 radical (unpaired) electrons. The number of anilines is 1. The molecule has 0 bridgehead atoms. The molecule has 28 heavy (non-hydrogen) atoms. The second-order valence-corrected chi connectivity index (χ2v) is 9.25. The molecule has 3 rings (SSSR count). The van der Waals surface area contributed by atoms with Crippen LogP contribution in [0.3, 0.4) is 0 Å². The summed E-state index contributed by atoms with van der Waals surface area (Å²) in [6.45, 7) is 12.2. The molecule has 1 aromatic heterocycles. The van der Waals surface area contributed by atoms with Crippen LogP contribution in [0.1, 0.15) is 63.0 Å². The molecule has 0 spiro atoms. The maximum absolute atomic E-state index is 13.1. The average molecular weight is 377 g/mol. The Labute approximate surface area is 166 Å². The Kier molecular flexibility index (Phi) is 4.92. The molecule has 4 nitrogen and oxygen atoms in total. The number of pyridine rings is 1. The largest absolute Gasteiger partial charge is 0.507 e. The number of benzene rings is 2. The lowest BCUT2D eigenvalue weighted by atomic mass is 9.78. The van der Waals surface area contributed by atoms with Crippen LogP contribution in [0.25, 0.3) is 10.9 Å². The summed E-state index contributed by atoms with van der Waals surface area (Å²) in [4.78, 5) is 17.5. The fraction of sp³-hybridized carbons (Fsp3) is 0.333. The SMILES string of the molecule is CC(C)(C)c1cc(C(=O)Nc2cccc3ncccc23)cc(C(C)(C)C)c1O. The first kappa shape index (κ1) is 19.9. The molecule has 4 heteroatoms. The van der Waals surface area contributed by atoms with E-state index in [9.17, 15) is 9.90 Å². The normalized spacial score (nSPS) is 12.2. The lowest BCUT2D eigenvalue weighted by molar-refractivity contribution is 0.102. The van der Waals surface area contributed by atoms with Gasteiger partial charge in [0.2, 0.25) is 0 Å². The van der Waals surface area contributed by atoms with Gasteiger partial charge < -0.3 is 10.4 Å². The molecular formula is C24H28N2O2. The molecule has 0 saturated heterocycles. The maximum atomic E-state index is 13.1. The van der Waals surface area contributed by atoms with Gasteiger partial charge in [0.1, 0.15) is 5.75 Å². The number of amides is 1. The zero-order valence-corrected chi connectivity index (χ0v) is 17.4. The zero-order valence-electron chi connectivity index (χ0n) is 17.4. The molecule has 0 fully saturated rings. The van der Waals surface area contributed by atoms with Crippen LogP contribution in [0.15, 0.2) is 48.7 Å². The molecule has 1 heterocycles. The second kappa shape index (κ2) is 6.93. The van der Waals surface area contributed by atoms with Gasteiger partial charge in [0, 0.05) is 28.3 Å². The predicted molar refractivity (Wildman–Crippen MR) is 115 cm³/mol. The predicted octanol–water partition coefficient (Wildman–Crippen LogP) is 5.79. The summed E-state index contributed by atoms with van der Waals surface area (Å²) in [6, 6.07) is 13.1. The maximum Gasteiger partial charge on any atom is 0.255 e. The lowest BCUT2D eigenvalue weighted by Crippen LogP contribution is -2.20. The standard InChI is InChI=1S/C24H28N2O2/c1-23(2,3)17-13-15(14-18(21(17)27)24(4,5)6)22(28)26-20-11-7-10-19-16(20)9-8-12-25-19/h7-14,27H,1-6H3,(H,26,28). The lowest BCUT2D eigenvalue weighted by Gasteiger charge is -2.28. The summed E-state index contributed by atoms with van der Waals surface area (Å²) in [5.74, 6) is 0.0678. The monoisotopic (exact) mass is 376 g/mol. The van der Waals surface area contributed by atoms with E-state index in [1.165, 1.54) is 0 Å². The van der Waals surface area contributed by atoms with Gasteiger partial charge in [0.25, 0.3) is 5.91 Å². The molecule has 2 N–H and O–H groups in total. The fourth-order valence-electron chi connectivity index (χ4n) is 3.32. The van der Waals surface area contributed by atoms with Gasteiger partial charge in [-0.15, -0.1) is 0 Å². The van der Waals surface area contributed by atoms with E-state index in [0.29, 0.717) is 5.56 Å². The van der Waals surface area contributed by atoms with Gasteiger partial charge in [-0.05, 0) is 47.2 Å². The van der Waals surface area contributed by atoms with Crippen molar-refractivity contribution < 1.29 is 9.90 Å². The number of aromatic hydroxyl groups is 1. The first-order valence-corrected chi connectivity index (χ1v) is 9.51. The van der Waals surface area contributed by atoms with Crippen LogP contribution in [0.2, 0.25) is 0 Å². The summed E-state index contributed by atoms with van der Waals surface area (Å²) in [5.41, 5.74) is 3.05. The van der Waals surface area contributed by atoms with Crippen LogP contribution in [0.4, 0.5) is 5.69 Å². The molecular weight excluding hydrogens is 348 g/mol. The van der Waals surface area contributed by atoms with Crippen molar-refractivity contribution in [1.29, 1.82) is 0 Å². The van der Waals surface area contributed by atoms with Crippen LogP contribution in [-0.2, 0) is 10.8 Å². The third kappa shape index (κ3) is 3.86. The molecule has 0 atom stereocenters. The quantitative estimate of drug-likeness (QED) is 0.595. The molecule has 0 saturated carbocycles. The Morgan fingerprint density at radius 2 is 1.54 bits per heavy atom. The summed E-state index contributed by atoms with van der Waals surface area (Å²) < 4.78 is 0. The Morgan fingerprint density at radius 1 is 0.929 bits per heavy atom. The van der Waals surface area contributed by atoms with E-state index >= 15 is 0 Å². The Morgan fingerprint density at radius 3 is 2.11 bits per heavy atom. The number of phenols is 1. The van der Waals surface area contributed by atoms with E-state index in [-0.39, 0.29) is 22.5 Å². The molecule has 2 aromatic carbocycles. The van der Waals surface area contributed by atoms with Gasteiger partial charge in [-0.2, -0.15) is 0 Å². The minimum Gasteiger partial charge on any atom is -0.507 e. The van der Waals surface area contributed by atoms with Crippen LogP contribution >= 0.6 is 0 Å². The van der Waals surface area contributed by atoms with Gasteiger partial charge in [0.15, 0.2) is 0 Å². The Hall–Kier alpha value is -2.88. The highest BCUT2D eigenvalue weighted by atomic mass is 16.3. The third-order valence-corrected chi connectivity index (χ3v) is 4.88. The highest BCUT2D eigenvalue weighted by Crippen LogP contribution is 2.40. The molecule has 0 aliphatic rings. The zero-order chi connectivity index (χ0) is 20.7. The number of hydrogen-bond donors (Lipinski definition) is 2. The number of aromatic nitrogens is 1. The number of carbonyl (C=O) groups is 1. The van der Waals surface area contributed by atoms with Crippen molar-refractivity contribution in [2.24, 2.45) is 0 Å². The van der Waals surface area contributed by atoms with Crippen LogP contribution < -0.4 is 5.32 Å². The van der Waals surface area contributed by atoms with E-state index in [4.69, 9.17) is 0 Å². The van der Waals surface area contributed by atoms with Crippen molar-refractivity contribution in [3.05, 3.63) is 65.4 Å². The number of hydrogen-bond acceptors (Lipinski definition) is 3. The topological polar surface area (TPSA) is 62.2 Å². The van der Waals surface area contributed by atoms with Crippen LogP contribution in [-0.4, -0.2) is 16.0 Å². The van der Waals surface area contributed by atoms with Crippen molar-refractivity contribution >= 4 is 22.5 Å². The number of carbonyl (C=O) groups excluding carboxylic acids is 1. The minimum atomic E-state index is -0.288. The number of phenolic OH excluding ortho intramolecular Hbond substituents is 1. The number of nitrogens with one attached hydrogen (secondary N) is 1. The smallest absolute Gasteiger partial charge is 0.255 e. The van der Waals surface area contributed by atoms with E-state index in [0.717, 1.165) is 27.7 Å². The highest BCUT2D eigenvalue weighted by Gasteiger charge is 2.27. The van der Waals surface area contributed by atoms with E-state index in [1.54, 1.807) is 18.3 Å². The van der Waals surface area contributed by atoms with Crippen LogP contribution in [0.5, 0.6) is 5.75 Å². The first-order valence-electron chi connectivity index (χ1n) is 9.51. The summed E-state index contributed by atoms with van der Waals surface area (Å²) >= 11 is 0. The summed E-state index contributed by atoms with van der Waals surface area (Å²) in [5, 5.41) is 14.8. The molecule has 1 amide bonds. The van der Waals surface area contributed by atoms with Gasteiger partial charge in [-0.1, -0.05) is 47.6 Å². The highest BCUT2D eigenvalue weighted by molar-refractivity contribution is 6.09. The van der Waals surface area contributed by atoms with Crippen molar-refractivity contribution in [2.75, 3.05) is 5.32 Å². The van der Waals surface area contributed by atoms with E-state index < -0.39 is 0 Å². The van der Waals surface area contributed by atoms with Crippen molar-refractivity contribution in [1.82, 2.24) is 4.98 Å². The average Bonchev–Trinajstić information content (AvgIpc) is 2.60.